The minimum absolute atomic E-state index is 0.0785. The predicted octanol–water partition coefficient (Wildman–Crippen LogP) is 4.89. The Hall–Kier alpha value is -4.04. The summed E-state index contributed by atoms with van der Waals surface area (Å²) in [4.78, 5) is 27.7. The van der Waals surface area contributed by atoms with E-state index in [9.17, 15) is 23.6 Å². The third-order valence-corrected chi connectivity index (χ3v) is 6.19. The molecule has 3 aromatic rings. The summed E-state index contributed by atoms with van der Waals surface area (Å²) < 4.78 is 33.9. The largest absolute Gasteiger partial charge is 0.458 e. The second kappa shape index (κ2) is 9.68. The van der Waals surface area contributed by atoms with Gasteiger partial charge in [0.25, 0.3) is 6.43 Å². The number of nitrogens with one attached hydrogen (secondary N) is 1. The molecule has 178 valence electrons. The van der Waals surface area contributed by atoms with Crippen molar-refractivity contribution in [2.24, 2.45) is 0 Å². The van der Waals surface area contributed by atoms with Crippen LogP contribution < -0.4 is 10.6 Å². The van der Waals surface area contributed by atoms with Gasteiger partial charge in [0.15, 0.2) is 0 Å². The lowest BCUT2D eigenvalue weighted by Crippen LogP contribution is -2.38. The molecular formula is C24H18BrF2N5O3. The normalized spacial score (nSPS) is 15.1. The van der Waals surface area contributed by atoms with E-state index >= 15 is 0 Å². The van der Waals surface area contributed by atoms with Crippen molar-refractivity contribution in [3.05, 3.63) is 98.0 Å². The van der Waals surface area contributed by atoms with Crippen molar-refractivity contribution in [2.45, 2.75) is 19.4 Å². The van der Waals surface area contributed by atoms with Crippen LogP contribution in [0.3, 0.4) is 0 Å². The van der Waals surface area contributed by atoms with E-state index in [1.807, 2.05) is 6.07 Å². The van der Waals surface area contributed by atoms with Crippen LogP contribution in [0.25, 0.3) is 0 Å². The number of nitriles is 1. The van der Waals surface area contributed by atoms with Gasteiger partial charge in [0.1, 0.15) is 12.6 Å². The second-order valence-electron chi connectivity index (χ2n) is 7.57. The third kappa shape index (κ3) is 4.28. The highest BCUT2D eigenvalue weighted by Crippen LogP contribution is 2.43. The minimum atomic E-state index is -2.72. The van der Waals surface area contributed by atoms with Crippen LogP contribution in [0.5, 0.6) is 0 Å². The van der Waals surface area contributed by atoms with Crippen LogP contribution >= 0.6 is 15.9 Å². The average molecular weight is 542 g/mol. The maximum Gasteiger partial charge on any atom is 0.345 e. The molecule has 8 nitrogen and oxygen atoms in total. The molecule has 0 fully saturated rings. The maximum atomic E-state index is 13.4. The number of carbonyl (C=O) groups excluding carboxylic acids is 1. The predicted molar refractivity (Wildman–Crippen MR) is 127 cm³/mol. The number of hydrogen-bond acceptors (Lipinski definition) is 6. The molecule has 1 atom stereocenters. The standard InChI is InChI=1S/C24H18BrF2N5O3/c1-3-9-35-22(33)19-13(2)31(16-6-4-5-15(11-16)21(26)27)23-29-30-24(34)32(23)20(19)17-8-7-14(12-28)10-18(17)25/h3-8,10-11,20-21H,1,9H2,2H3,(H,30,34). The number of H-pyrrole nitrogens is 1. The number of nitrogens with zero attached hydrogens (tertiary/aromatic N) is 4. The number of carbonyl (C=O) groups is 1. The summed E-state index contributed by atoms with van der Waals surface area (Å²) in [5.41, 5.74) is 0.726. The molecule has 1 aliphatic rings. The third-order valence-electron chi connectivity index (χ3n) is 5.50. The molecule has 0 aliphatic carbocycles. The van der Waals surface area contributed by atoms with Crippen LogP contribution in [-0.2, 0) is 9.53 Å². The monoisotopic (exact) mass is 541 g/mol. The highest BCUT2D eigenvalue weighted by atomic mass is 79.9. The van der Waals surface area contributed by atoms with Gasteiger partial charge < -0.3 is 4.74 Å². The van der Waals surface area contributed by atoms with Gasteiger partial charge >= 0.3 is 11.7 Å². The number of benzene rings is 2. The number of aromatic nitrogens is 3. The smallest absolute Gasteiger partial charge is 0.345 e. The van der Waals surface area contributed by atoms with Crippen molar-refractivity contribution in [1.29, 1.82) is 5.26 Å². The van der Waals surface area contributed by atoms with E-state index in [0.29, 0.717) is 21.3 Å². The van der Waals surface area contributed by atoms with Crippen LogP contribution in [-0.4, -0.2) is 27.3 Å². The summed E-state index contributed by atoms with van der Waals surface area (Å²) in [6.07, 6.45) is -1.31. The van der Waals surface area contributed by atoms with Gasteiger partial charge in [0.2, 0.25) is 5.95 Å². The van der Waals surface area contributed by atoms with Crippen molar-refractivity contribution in [3.63, 3.8) is 0 Å². The molecule has 0 saturated heterocycles. The van der Waals surface area contributed by atoms with Gasteiger partial charge in [-0.05, 0) is 36.8 Å². The molecular weight excluding hydrogens is 524 g/mol. The summed E-state index contributed by atoms with van der Waals surface area (Å²) in [5, 5.41) is 15.8. The molecule has 0 radical (unpaired) electrons. The quantitative estimate of drug-likeness (QED) is 0.352. The van der Waals surface area contributed by atoms with Crippen molar-refractivity contribution in [2.75, 3.05) is 11.5 Å². The van der Waals surface area contributed by atoms with Crippen LogP contribution in [0, 0.1) is 11.3 Å². The molecule has 2 heterocycles. The first-order valence-corrected chi connectivity index (χ1v) is 11.1. The van der Waals surface area contributed by atoms with Crippen LogP contribution in [0.1, 0.15) is 36.1 Å². The highest BCUT2D eigenvalue weighted by molar-refractivity contribution is 9.10. The number of hydrogen-bond donors (Lipinski definition) is 1. The van der Waals surface area contributed by atoms with E-state index in [4.69, 9.17) is 4.74 Å². The number of aromatic amines is 1. The molecule has 0 amide bonds. The fraction of sp³-hybridized carbons (Fsp3) is 0.167. The number of anilines is 2. The van der Waals surface area contributed by atoms with Crippen molar-refractivity contribution < 1.29 is 18.3 Å². The number of allylic oxidation sites excluding steroid dienone is 1. The number of esters is 1. The van der Waals surface area contributed by atoms with Gasteiger partial charge in [-0.1, -0.05) is 46.8 Å². The Balaban J connectivity index is 2.01. The molecule has 0 bridgehead atoms. The maximum absolute atomic E-state index is 13.4. The molecule has 11 heteroatoms. The zero-order valence-electron chi connectivity index (χ0n) is 18.3. The van der Waals surface area contributed by atoms with Crippen molar-refractivity contribution in [3.8, 4) is 6.07 Å². The Morgan fingerprint density at radius 3 is 2.80 bits per heavy atom. The van der Waals surface area contributed by atoms with Gasteiger partial charge in [-0.25, -0.2) is 28.0 Å². The van der Waals surface area contributed by atoms with Gasteiger partial charge in [0.05, 0.1) is 17.2 Å². The van der Waals surface area contributed by atoms with Gasteiger partial charge in [-0.2, -0.15) is 5.26 Å². The topological polar surface area (TPSA) is 104 Å². The van der Waals surface area contributed by atoms with Crippen LogP contribution in [0.4, 0.5) is 20.4 Å². The Kier molecular flexibility index (Phi) is 6.66. The highest BCUT2D eigenvalue weighted by Gasteiger charge is 2.40. The number of fused-ring (bicyclic) bond motifs is 1. The van der Waals surface area contributed by atoms with E-state index < -0.39 is 24.1 Å². The molecule has 2 aromatic carbocycles. The average Bonchev–Trinajstić information content (AvgIpc) is 3.22. The first kappa shape index (κ1) is 24.1. The number of rotatable bonds is 6. The number of halogens is 3. The van der Waals surface area contributed by atoms with Gasteiger partial charge in [-0.3, -0.25) is 4.90 Å². The van der Waals surface area contributed by atoms with Gasteiger partial charge in [-0.15, -0.1) is 5.10 Å². The molecule has 0 spiro atoms. The molecule has 0 saturated carbocycles. The lowest BCUT2D eigenvalue weighted by Gasteiger charge is -2.35. The van der Waals surface area contributed by atoms with E-state index in [1.165, 1.54) is 33.7 Å². The summed E-state index contributed by atoms with van der Waals surface area (Å²) in [6.45, 7) is 5.09. The van der Waals surface area contributed by atoms with E-state index in [2.05, 4.69) is 32.7 Å². The summed E-state index contributed by atoms with van der Waals surface area (Å²) in [7, 11) is 0. The van der Waals surface area contributed by atoms with E-state index in [0.717, 1.165) is 0 Å². The van der Waals surface area contributed by atoms with Crippen LogP contribution in [0.15, 0.2) is 75.7 Å². The fourth-order valence-corrected chi connectivity index (χ4v) is 4.57. The lowest BCUT2D eigenvalue weighted by atomic mass is 9.93. The SMILES string of the molecule is C=CCOC(=O)C1=C(C)N(c2cccc(C(F)F)c2)c2n[nH]c(=O)n2C1c1ccc(C#N)cc1Br. The van der Waals surface area contributed by atoms with Crippen LogP contribution in [0.2, 0.25) is 0 Å². The first-order chi connectivity index (χ1) is 16.8. The summed E-state index contributed by atoms with van der Waals surface area (Å²) in [6, 6.07) is 11.4. The molecule has 1 N–H and O–H groups in total. The molecule has 1 unspecified atom stereocenters. The summed E-state index contributed by atoms with van der Waals surface area (Å²) >= 11 is 3.44. The molecule has 4 rings (SSSR count). The number of alkyl halides is 2. The Morgan fingerprint density at radius 1 is 1.37 bits per heavy atom. The number of ether oxygens (including phenoxy) is 1. The molecule has 1 aliphatic heterocycles. The van der Waals surface area contributed by atoms with Gasteiger partial charge in [0, 0.05) is 21.4 Å². The first-order valence-electron chi connectivity index (χ1n) is 10.3. The zero-order chi connectivity index (χ0) is 25.3. The van der Waals surface area contributed by atoms with Crippen molar-refractivity contribution >= 4 is 33.5 Å². The van der Waals surface area contributed by atoms with Crippen molar-refractivity contribution in [1.82, 2.24) is 14.8 Å². The summed E-state index contributed by atoms with van der Waals surface area (Å²) in [5.74, 6) is -0.627. The fourth-order valence-electron chi connectivity index (χ4n) is 3.98. The molecule has 35 heavy (non-hydrogen) atoms. The van der Waals surface area contributed by atoms with E-state index in [-0.39, 0.29) is 29.4 Å². The Labute approximate surface area is 206 Å². The second-order valence-corrected chi connectivity index (χ2v) is 8.42. The zero-order valence-corrected chi connectivity index (χ0v) is 19.9. The minimum Gasteiger partial charge on any atom is -0.458 e. The Morgan fingerprint density at radius 2 is 2.14 bits per heavy atom. The lowest BCUT2D eigenvalue weighted by molar-refractivity contribution is -0.138. The Bertz CT molecular complexity index is 1450. The van der Waals surface area contributed by atoms with E-state index in [1.54, 1.807) is 31.2 Å². The molecule has 1 aromatic heterocycles.